The number of nitrogens with zero attached hydrogens (tertiary/aromatic N) is 2. The average Bonchev–Trinajstić information content (AvgIpc) is 3.05. The van der Waals surface area contributed by atoms with Gasteiger partial charge in [-0.15, -0.1) is 0 Å². The van der Waals surface area contributed by atoms with Gasteiger partial charge in [0.2, 0.25) is 16.8 Å². The summed E-state index contributed by atoms with van der Waals surface area (Å²) in [5, 5.41) is 2.72. The number of nitrogens with one attached hydrogen (secondary N) is 1. The van der Waals surface area contributed by atoms with Crippen molar-refractivity contribution in [2.75, 3.05) is 33.0 Å². The lowest BCUT2D eigenvalue weighted by atomic mass is 10.1. The van der Waals surface area contributed by atoms with Crippen LogP contribution in [0.1, 0.15) is 0 Å². The SMILES string of the molecule is O=C1NCCN1C1CN(S(=O)(=O)c2ccc3c(c2)OCO3)C1. The lowest BCUT2D eigenvalue weighted by molar-refractivity contribution is 0.124. The van der Waals surface area contributed by atoms with Crippen LogP contribution in [0.5, 0.6) is 11.5 Å². The maximum absolute atomic E-state index is 12.6. The molecule has 1 aromatic carbocycles. The zero-order valence-electron chi connectivity index (χ0n) is 11.7. The second-order valence-electron chi connectivity index (χ2n) is 5.42. The molecular weight excluding hydrogens is 310 g/mol. The van der Waals surface area contributed by atoms with Crippen LogP contribution in [0, 0.1) is 0 Å². The number of benzene rings is 1. The number of hydrogen-bond acceptors (Lipinski definition) is 5. The van der Waals surface area contributed by atoms with E-state index in [1.165, 1.54) is 16.4 Å². The van der Waals surface area contributed by atoms with Crippen LogP contribution in [-0.4, -0.2) is 62.7 Å². The summed E-state index contributed by atoms with van der Waals surface area (Å²) in [6.07, 6.45) is 0. The molecule has 0 bridgehead atoms. The first-order valence-corrected chi connectivity index (χ1v) is 8.44. The van der Waals surface area contributed by atoms with Gasteiger partial charge >= 0.3 is 6.03 Å². The molecule has 9 heteroatoms. The van der Waals surface area contributed by atoms with Crippen LogP contribution in [-0.2, 0) is 10.0 Å². The highest BCUT2D eigenvalue weighted by Crippen LogP contribution is 2.35. The Hall–Kier alpha value is -2.00. The van der Waals surface area contributed by atoms with E-state index in [1.807, 2.05) is 0 Å². The molecule has 0 spiro atoms. The third kappa shape index (κ3) is 2.00. The quantitative estimate of drug-likeness (QED) is 0.832. The summed E-state index contributed by atoms with van der Waals surface area (Å²) in [4.78, 5) is 13.4. The molecule has 0 unspecified atom stereocenters. The third-order valence-corrected chi connectivity index (χ3v) is 5.97. The van der Waals surface area contributed by atoms with Gasteiger partial charge in [0.25, 0.3) is 0 Å². The summed E-state index contributed by atoms with van der Waals surface area (Å²) in [5.74, 6) is 0.992. The van der Waals surface area contributed by atoms with Crippen molar-refractivity contribution in [3.63, 3.8) is 0 Å². The fourth-order valence-electron chi connectivity index (χ4n) is 2.83. The summed E-state index contributed by atoms with van der Waals surface area (Å²) in [7, 11) is -3.56. The molecule has 0 aromatic heterocycles. The van der Waals surface area contributed by atoms with Crippen molar-refractivity contribution in [3.8, 4) is 11.5 Å². The maximum Gasteiger partial charge on any atom is 0.317 e. The van der Waals surface area contributed by atoms with Crippen molar-refractivity contribution < 1.29 is 22.7 Å². The molecule has 22 heavy (non-hydrogen) atoms. The Morgan fingerprint density at radius 1 is 1.18 bits per heavy atom. The molecule has 2 amide bonds. The first-order chi connectivity index (χ1) is 10.6. The number of sulfonamides is 1. The van der Waals surface area contributed by atoms with Gasteiger partial charge in [-0.2, -0.15) is 4.31 Å². The highest BCUT2D eigenvalue weighted by Gasteiger charge is 2.42. The Morgan fingerprint density at radius 2 is 1.95 bits per heavy atom. The number of fused-ring (bicyclic) bond motifs is 1. The maximum atomic E-state index is 12.6. The van der Waals surface area contributed by atoms with Crippen molar-refractivity contribution in [1.29, 1.82) is 0 Å². The Kier molecular flexibility index (Phi) is 2.95. The van der Waals surface area contributed by atoms with Gasteiger partial charge in [-0.1, -0.05) is 0 Å². The third-order valence-electron chi connectivity index (χ3n) is 4.14. The number of ether oxygens (including phenoxy) is 2. The number of carbonyl (C=O) groups is 1. The van der Waals surface area contributed by atoms with E-state index in [0.29, 0.717) is 37.7 Å². The minimum Gasteiger partial charge on any atom is -0.454 e. The lowest BCUT2D eigenvalue weighted by Gasteiger charge is -2.42. The van der Waals surface area contributed by atoms with Crippen LogP contribution in [0.3, 0.4) is 0 Å². The summed E-state index contributed by atoms with van der Waals surface area (Å²) in [5.41, 5.74) is 0. The standard InChI is InChI=1S/C13H15N3O5S/c17-13-14-3-4-16(13)9-6-15(7-9)22(18,19)10-1-2-11-12(5-10)21-8-20-11/h1-2,5,9H,3-4,6-8H2,(H,14,17). The Balaban J connectivity index is 1.50. The van der Waals surface area contributed by atoms with Gasteiger partial charge in [-0.05, 0) is 12.1 Å². The van der Waals surface area contributed by atoms with Crippen molar-refractivity contribution >= 4 is 16.1 Å². The number of hydrogen-bond donors (Lipinski definition) is 1. The number of rotatable bonds is 3. The highest BCUT2D eigenvalue weighted by molar-refractivity contribution is 7.89. The molecule has 3 aliphatic rings. The average molecular weight is 325 g/mol. The first kappa shape index (κ1) is 13.6. The number of carbonyl (C=O) groups excluding carboxylic acids is 1. The van der Waals surface area contributed by atoms with Crippen LogP contribution in [0.25, 0.3) is 0 Å². The molecule has 2 saturated heterocycles. The van der Waals surface area contributed by atoms with E-state index in [4.69, 9.17) is 9.47 Å². The molecule has 8 nitrogen and oxygen atoms in total. The second kappa shape index (κ2) is 4.75. The summed E-state index contributed by atoms with van der Waals surface area (Å²) >= 11 is 0. The summed E-state index contributed by atoms with van der Waals surface area (Å²) in [6, 6.07) is 4.42. The van der Waals surface area contributed by atoms with Crippen LogP contribution in [0.4, 0.5) is 4.79 Å². The minimum absolute atomic E-state index is 0.0497. The minimum atomic E-state index is -3.56. The summed E-state index contributed by atoms with van der Waals surface area (Å²) in [6.45, 7) is 1.99. The van der Waals surface area contributed by atoms with Crippen molar-refractivity contribution in [2.24, 2.45) is 0 Å². The monoisotopic (exact) mass is 325 g/mol. The van der Waals surface area contributed by atoms with E-state index in [1.54, 1.807) is 11.0 Å². The molecular formula is C13H15N3O5S. The molecule has 3 aliphatic heterocycles. The first-order valence-electron chi connectivity index (χ1n) is 7.00. The highest BCUT2D eigenvalue weighted by atomic mass is 32.2. The van der Waals surface area contributed by atoms with Crippen molar-refractivity contribution in [2.45, 2.75) is 10.9 Å². The molecule has 1 N–H and O–H groups in total. The molecule has 0 saturated carbocycles. The van der Waals surface area contributed by atoms with Gasteiger partial charge in [-0.3, -0.25) is 0 Å². The number of urea groups is 1. The molecule has 0 radical (unpaired) electrons. The fourth-order valence-corrected chi connectivity index (χ4v) is 4.36. The van der Waals surface area contributed by atoms with Crippen LogP contribution >= 0.6 is 0 Å². The normalized spacial score (nSPS) is 21.8. The van der Waals surface area contributed by atoms with E-state index in [0.717, 1.165) is 0 Å². The van der Waals surface area contributed by atoms with Gasteiger partial charge in [-0.25, -0.2) is 13.2 Å². The predicted molar refractivity (Wildman–Crippen MR) is 75.2 cm³/mol. The van der Waals surface area contributed by atoms with Gasteiger partial charge in [0.05, 0.1) is 10.9 Å². The second-order valence-corrected chi connectivity index (χ2v) is 7.35. The zero-order chi connectivity index (χ0) is 15.3. The van der Waals surface area contributed by atoms with E-state index >= 15 is 0 Å². The molecule has 3 heterocycles. The number of amides is 2. The fraction of sp³-hybridized carbons (Fsp3) is 0.462. The van der Waals surface area contributed by atoms with Gasteiger partial charge < -0.3 is 19.7 Å². The molecule has 0 aliphatic carbocycles. The molecule has 4 rings (SSSR count). The molecule has 2 fully saturated rings. The van der Waals surface area contributed by atoms with E-state index < -0.39 is 10.0 Å². The van der Waals surface area contributed by atoms with E-state index in [-0.39, 0.29) is 23.8 Å². The Labute approximate surface area is 127 Å². The summed E-state index contributed by atoms with van der Waals surface area (Å²) < 4.78 is 36.9. The zero-order valence-corrected chi connectivity index (χ0v) is 12.5. The van der Waals surface area contributed by atoms with Crippen LogP contribution in [0.2, 0.25) is 0 Å². The van der Waals surface area contributed by atoms with Gasteiger partial charge in [0, 0.05) is 32.2 Å². The van der Waals surface area contributed by atoms with Crippen LogP contribution in [0.15, 0.2) is 23.1 Å². The van der Waals surface area contributed by atoms with Crippen molar-refractivity contribution in [1.82, 2.24) is 14.5 Å². The Morgan fingerprint density at radius 3 is 2.68 bits per heavy atom. The largest absolute Gasteiger partial charge is 0.454 e. The smallest absolute Gasteiger partial charge is 0.317 e. The molecule has 1 aromatic rings. The van der Waals surface area contributed by atoms with Gasteiger partial charge in [0.15, 0.2) is 11.5 Å². The van der Waals surface area contributed by atoms with Crippen LogP contribution < -0.4 is 14.8 Å². The Bertz CT molecular complexity index is 729. The van der Waals surface area contributed by atoms with E-state index in [9.17, 15) is 13.2 Å². The lowest BCUT2D eigenvalue weighted by Crippen LogP contribution is -2.61. The van der Waals surface area contributed by atoms with Gasteiger partial charge in [0.1, 0.15) is 0 Å². The molecule has 118 valence electrons. The van der Waals surface area contributed by atoms with Crippen molar-refractivity contribution in [3.05, 3.63) is 18.2 Å². The predicted octanol–water partition coefficient (Wildman–Crippen LogP) is -0.187. The topological polar surface area (TPSA) is 88.2 Å². The van der Waals surface area contributed by atoms with E-state index in [2.05, 4.69) is 5.32 Å². The molecule has 0 atom stereocenters.